The van der Waals surface area contributed by atoms with Crippen molar-refractivity contribution in [3.8, 4) is 5.75 Å². The first-order valence-corrected chi connectivity index (χ1v) is 8.79. The standard InChI is InChI=1S/C18H16BrF2N3O4/c1-10(28-15-4-2-3-12(19)7-15)17(26)24-23-16(25)9-22-18(27)11-5-13(20)8-14(21)6-11/h2-8,10H,9H2,1H3,(H,22,27)(H,23,25)(H,24,26). The number of carbonyl (C=O) groups excluding carboxylic acids is 3. The minimum absolute atomic E-state index is 0.273. The second-order valence-corrected chi connectivity index (χ2v) is 6.51. The topological polar surface area (TPSA) is 96.5 Å². The Hall–Kier alpha value is -3.01. The van der Waals surface area contributed by atoms with Gasteiger partial charge in [0.05, 0.1) is 6.54 Å². The fraction of sp³-hybridized carbons (Fsp3) is 0.167. The molecule has 0 aliphatic carbocycles. The average molecular weight is 456 g/mol. The normalized spacial score (nSPS) is 11.3. The van der Waals surface area contributed by atoms with Gasteiger partial charge in [0, 0.05) is 16.1 Å². The van der Waals surface area contributed by atoms with Gasteiger partial charge in [0.2, 0.25) is 0 Å². The van der Waals surface area contributed by atoms with Crippen molar-refractivity contribution in [2.75, 3.05) is 6.54 Å². The Morgan fingerprint density at radius 3 is 2.39 bits per heavy atom. The molecule has 28 heavy (non-hydrogen) atoms. The van der Waals surface area contributed by atoms with E-state index in [-0.39, 0.29) is 5.56 Å². The van der Waals surface area contributed by atoms with E-state index in [0.29, 0.717) is 11.8 Å². The van der Waals surface area contributed by atoms with E-state index in [1.54, 1.807) is 24.3 Å². The van der Waals surface area contributed by atoms with Gasteiger partial charge in [-0.15, -0.1) is 0 Å². The molecule has 0 aliphatic heterocycles. The van der Waals surface area contributed by atoms with Crippen LogP contribution in [0.4, 0.5) is 8.78 Å². The van der Waals surface area contributed by atoms with E-state index < -0.39 is 42.0 Å². The van der Waals surface area contributed by atoms with Gasteiger partial charge >= 0.3 is 0 Å². The first-order chi connectivity index (χ1) is 13.2. The summed E-state index contributed by atoms with van der Waals surface area (Å²) in [5, 5.41) is 2.18. The molecule has 3 amide bonds. The maximum absolute atomic E-state index is 13.1. The lowest BCUT2D eigenvalue weighted by molar-refractivity contribution is -0.132. The molecule has 1 unspecified atom stereocenters. The number of amides is 3. The van der Waals surface area contributed by atoms with Crippen molar-refractivity contribution in [2.24, 2.45) is 0 Å². The van der Waals surface area contributed by atoms with Crippen LogP contribution in [0.15, 0.2) is 46.9 Å². The molecule has 2 aromatic rings. The number of ether oxygens (including phenoxy) is 1. The maximum Gasteiger partial charge on any atom is 0.279 e. The van der Waals surface area contributed by atoms with Crippen molar-refractivity contribution in [3.63, 3.8) is 0 Å². The molecule has 10 heteroatoms. The van der Waals surface area contributed by atoms with Crippen LogP contribution in [0.5, 0.6) is 5.75 Å². The van der Waals surface area contributed by atoms with Gasteiger partial charge < -0.3 is 10.1 Å². The first kappa shape index (κ1) is 21.3. The summed E-state index contributed by atoms with van der Waals surface area (Å²) in [5.41, 5.74) is 3.98. The highest BCUT2D eigenvalue weighted by Gasteiger charge is 2.16. The molecule has 0 heterocycles. The fourth-order valence-electron chi connectivity index (χ4n) is 2.02. The minimum Gasteiger partial charge on any atom is -0.481 e. The predicted octanol–water partition coefficient (Wildman–Crippen LogP) is 2.07. The molecule has 0 saturated carbocycles. The van der Waals surface area contributed by atoms with Crippen LogP contribution in [-0.4, -0.2) is 30.4 Å². The third-order valence-corrected chi connectivity index (χ3v) is 3.83. The predicted molar refractivity (Wildman–Crippen MR) is 99.2 cm³/mol. The van der Waals surface area contributed by atoms with Crippen molar-refractivity contribution in [3.05, 3.63) is 64.1 Å². The van der Waals surface area contributed by atoms with Crippen molar-refractivity contribution in [1.82, 2.24) is 16.2 Å². The number of halogens is 3. The zero-order valence-corrected chi connectivity index (χ0v) is 16.2. The third kappa shape index (κ3) is 6.62. The van der Waals surface area contributed by atoms with Gasteiger partial charge in [0.1, 0.15) is 17.4 Å². The van der Waals surface area contributed by atoms with Crippen LogP contribution in [0.25, 0.3) is 0 Å². The highest BCUT2D eigenvalue weighted by molar-refractivity contribution is 9.10. The van der Waals surface area contributed by atoms with Crippen molar-refractivity contribution in [1.29, 1.82) is 0 Å². The third-order valence-electron chi connectivity index (χ3n) is 3.34. The molecule has 7 nitrogen and oxygen atoms in total. The average Bonchev–Trinajstić information content (AvgIpc) is 2.63. The number of rotatable bonds is 6. The van der Waals surface area contributed by atoms with Gasteiger partial charge in [-0.2, -0.15) is 0 Å². The SMILES string of the molecule is CC(Oc1cccc(Br)c1)C(=O)NNC(=O)CNC(=O)c1cc(F)cc(F)c1. The summed E-state index contributed by atoms with van der Waals surface area (Å²) in [6.07, 6.45) is -0.903. The van der Waals surface area contributed by atoms with E-state index in [4.69, 9.17) is 4.74 Å². The Morgan fingerprint density at radius 1 is 1.07 bits per heavy atom. The number of benzene rings is 2. The quantitative estimate of drug-likeness (QED) is 0.580. The summed E-state index contributed by atoms with van der Waals surface area (Å²) in [7, 11) is 0. The van der Waals surface area contributed by atoms with E-state index in [0.717, 1.165) is 16.6 Å². The molecular weight excluding hydrogens is 440 g/mol. The number of hydrogen-bond donors (Lipinski definition) is 3. The maximum atomic E-state index is 13.1. The Morgan fingerprint density at radius 2 is 1.75 bits per heavy atom. The smallest absolute Gasteiger partial charge is 0.279 e. The number of carbonyl (C=O) groups is 3. The van der Waals surface area contributed by atoms with Crippen molar-refractivity contribution < 1.29 is 27.9 Å². The Kier molecular flexibility index (Phi) is 7.44. The molecule has 0 fully saturated rings. The number of nitrogens with one attached hydrogen (secondary N) is 3. The van der Waals surface area contributed by atoms with Crippen LogP contribution in [0.3, 0.4) is 0 Å². The van der Waals surface area contributed by atoms with E-state index in [2.05, 4.69) is 32.1 Å². The molecule has 0 spiro atoms. The van der Waals surface area contributed by atoms with Crippen LogP contribution in [0, 0.1) is 11.6 Å². The lowest BCUT2D eigenvalue weighted by Gasteiger charge is -2.15. The number of hydrazine groups is 1. The van der Waals surface area contributed by atoms with E-state index in [9.17, 15) is 23.2 Å². The Labute approximate surface area is 167 Å². The van der Waals surface area contributed by atoms with Gasteiger partial charge in [0.15, 0.2) is 6.10 Å². The molecule has 0 aromatic heterocycles. The zero-order chi connectivity index (χ0) is 20.7. The van der Waals surface area contributed by atoms with Gasteiger partial charge in [0.25, 0.3) is 17.7 Å². The lowest BCUT2D eigenvalue weighted by atomic mass is 10.2. The summed E-state index contributed by atoms with van der Waals surface area (Å²) in [6.45, 7) is 0.973. The molecule has 0 aliphatic rings. The molecule has 0 saturated heterocycles. The largest absolute Gasteiger partial charge is 0.481 e. The highest BCUT2D eigenvalue weighted by atomic mass is 79.9. The monoisotopic (exact) mass is 455 g/mol. The van der Waals surface area contributed by atoms with E-state index >= 15 is 0 Å². The summed E-state index contributed by atoms with van der Waals surface area (Å²) < 4.78 is 32.4. The molecule has 0 radical (unpaired) electrons. The van der Waals surface area contributed by atoms with Gasteiger partial charge in [-0.1, -0.05) is 22.0 Å². The second-order valence-electron chi connectivity index (χ2n) is 5.60. The molecular formula is C18H16BrF2N3O4. The zero-order valence-electron chi connectivity index (χ0n) is 14.6. The van der Waals surface area contributed by atoms with Gasteiger partial charge in [-0.05, 0) is 37.3 Å². The van der Waals surface area contributed by atoms with Crippen LogP contribution in [-0.2, 0) is 9.59 Å². The van der Waals surface area contributed by atoms with Gasteiger partial charge in [-0.3, -0.25) is 25.2 Å². The Balaban J connectivity index is 1.76. The molecule has 2 aromatic carbocycles. The van der Waals surface area contributed by atoms with Crippen molar-refractivity contribution >= 4 is 33.7 Å². The fourth-order valence-corrected chi connectivity index (χ4v) is 2.40. The van der Waals surface area contributed by atoms with E-state index in [1.165, 1.54) is 6.92 Å². The molecule has 3 N–H and O–H groups in total. The summed E-state index contributed by atoms with van der Waals surface area (Å²) in [5.74, 6) is -3.58. The second kappa shape index (κ2) is 9.79. The van der Waals surface area contributed by atoms with Crippen LogP contribution < -0.4 is 20.9 Å². The van der Waals surface area contributed by atoms with Gasteiger partial charge in [-0.25, -0.2) is 8.78 Å². The first-order valence-electron chi connectivity index (χ1n) is 8.00. The van der Waals surface area contributed by atoms with Crippen LogP contribution in [0.2, 0.25) is 0 Å². The van der Waals surface area contributed by atoms with Crippen LogP contribution >= 0.6 is 15.9 Å². The van der Waals surface area contributed by atoms with E-state index in [1.807, 2.05) is 0 Å². The highest BCUT2D eigenvalue weighted by Crippen LogP contribution is 2.18. The molecule has 148 valence electrons. The summed E-state index contributed by atoms with van der Waals surface area (Å²) in [6, 6.07) is 9.16. The minimum atomic E-state index is -0.915. The molecule has 1 atom stereocenters. The molecule has 0 bridgehead atoms. The Bertz CT molecular complexity index is 875. The summed E-state index contributed by atoms with van der Waals surface area (Å²) >= 11 is 3.28. The molecule has 2 rings (SSSR count). The summed E-state index contributed by atoms with van der Waals surface area (Å²) in [4.78, 5) is 35.4. The van der Waals surface area contributed by atoms with Crippen molar-refractivity contribution in [2.45, 2.75) is 13.0 Å². The number of hydrogen-bond acceptors (Lipinski definition) is 4. The lowest BCUT2D eigenvalue weighted by Crippen LogP contribution is -2.50. The van der Waals surface area contributed by atoms with Crippen LogP contribution in [0.1, 0.15) is 17.3 Å².